The third-order valence-electron chi connectivity index (χ3n) is 3.92. The van der Waals surface area contributed by atoms with Gasteiger partial charge in [-0.2, -0.15) is 5.10 Å². The molecule has 0 amide bonds. The minimum atomic E-state index is 0.734. The quantitative estimate of drug-likeness (QED) is 0.839. The van der Waals surface area contributed by atoms with E-state index in [0.717, 1.165) is 31.0 Å². The molecule has 0 bridgehead atoms. The van der Waals surface area contributed by atoms with Gasteiger partial charge in [-0.3, -0.25) is 4.68 Å². The maximum atomic E-state index is 4.23. The summed E-state index contributed by atoms with van der Waals surface area (Å²) in [6.07, 6.45) is 10.8. The van der Waals surface area contributed by atoms with Crippen LogP contribution in [0.3, 0.4) is 0 Å². The monoisotopic (exact) mass is 249 g/mol. The zero-order valence-corrected chi connectivity index (χ0v) is 11.8. The van der Waals surface area contributed by atoms with E-state index in [1.54, 1.807) is 0 Å². The summed E-state index contributed by atoms with van der Waals surface area (Å²) in [7, 11) is 0. The van der Waals surface area contributed by atoms with Crippen molar-refractivity contribution in [2.75, 3.05) is 6.54 Å². The molecule has 0 spiro atoms. The molecule has 1 aliphatic carbocycles. The molecule has 0 aromatic carbocycles. The van der Waals surface area contributed by atoms with Crippen molar-refractivity contribution in [3.8, 4) is 0 Å². The molecule has 0 radical (unpaired) electrons. The Morgan fingerprint density at radius 3 is 3.00 bits per heavy atom. The Kier molecular flexibility index (Phi) is 5.24. The lowest BCUT2D eigenvalue weighted by Crippen LogP contribution is -2.36. The van der Waals surface area contributed by atoms with Gasteiger partial charge in [-0.1, -0.05) is 26.7 Å². The molecule has 0 aliphatic heterocycles. The SMILES string of the molecule is CC(C)CC1CCCC(NCCn2cccn2)C1. The van der Waals surface area contributed by atoms with Crippen molar-refractivity contribution >= 4 is 0 Å². The zero-order valence-electron chi connectivity index (χ0n) is 11.8. The van der Waals surface area contributed by atoms with Crippen molar-refractivity contribution in [2.45, 2.75) is 58.5 Å². The van der Waals surface area contributed by atoms with E-state index in [9.17, 15) is 0 Å². The highest BCUT2D eigenvalue weighted by Gasteiger charge is 2.21. The Balaban J connectivity index is 1.66. The second-order valence-electron chi connectivity index (χ2n) is 6.08. The number of aromatic nitrogens is 2. The van der Waals surface area contributed by atoms with Crippen LogP contribution in [-0.2, 0) is 6.54 Å². The van der Waals surface area contributed by atoms with E-state index < -0.39 is 0 Å². The number of nitrogens with one attached hydrogen (secondary N) is 1. The molecule has 1 saturated carbocycles. The molecule has 102 valence electrons. The molecular formula is C15H27N3. The molecule has 1 aromatic heterocycles. The van der Waals surface area contributed by atoms with Gasteiger partial charge in [0, 0.05) is 25.0 Å². The fourth-order valence-corrected chi connectivity index (χ4v) is 3.17. The predicted octanol–water partition coefficient (Wildman–Crippen LogP) is 3.08. The molecule has 1 aliphatic rings. The lowest BCUT2D eigenvalue weighted by Gasteiger charge is -2.30. The van der Waals surface area contributed by atoms with Crippen LogP contribution in [0, 0.1) is 11.8 Å². The normalized spacial score (nSPS) is 24.6. The molecule has 0 saturated heterocycles. The number of hydrogen-bond acceptors (Lipinski definition) is 2. The van der Waals surface area contributed by atoms with Crippen molar-refractivity contribution in [2.24, 2.45) is 11.8 Å². The highest BCUT2D eigenvalue weighted by atomic mass is 15.3. The fourth-order valence-electron chi connectivity index (χ4n) is 3.17. The van der Waals surface area contributed by atoms with Gasteiger partial charge in [-0.15, -0.1) is 0 Å². The fraction of sp³-hybridized carbons (Fsp3) is 0.800. The first-order chi connectivity index (χ1) is 8.74. The summed E-state index contributed by atoms with van der Waals surface area (Å²) in [6, 6.07) is 2.72. The molecule has 3 heteroatoms. The van der Waals surface area contributed by atoms with Gasteiger partial charge in [0.05, 0.1) is 6.54 Å². The second kappa shape index (κ2) is 6.93. The van der Waals surface area contributed by atoms with Gasteiger partial charge in [-0.05, 0) is 37.2 Å². The van der Waals surface area contributed by atoms with E-state index in [1.807, 2.05) is 23.1 Å². The standard InChI is InChI=1S/C15H27N3/c1-13(2)11-14-5-3-6-15(12-14)16-8-10-18-9-4-7-17-18/h4,7,9,13-16H,3,5-6,8,10-12H2,1-2H3. The second-order valence-corrected chi connectivity index (χ2v) is 6.08. The molecule has 2 rings (SSSR count). The molecule has 1 heterocycles. The van der Waals surface area contributed by atoms with E-state index in [0.29, 0.717) is 0 Å². The third-order valence-corrected chi connectivity index (χ3v) is 3.92. The van der Waals surface area contributed by atoms with Gasteiger partial charge < -0.3 is 5.32 Å². The first kappa shape index (κ1) is 13.6. The summed E-state index contributed by atoms with van der Waals surface area (Å²) in [5.74, 6) is 1.79. The van der Waals surface area contributed by atoms with Gasteiger partial charge in [0.2, 0.25) is 0 Å². The van der Waals surface area contributed by atoms with Gasteiger partial charge in [-0.25, -0.2) is 0 Å². The summed E-state index contributed by atoms with van der Waals surface area (Å²) in [6.45, 7) is 6.71. The van der Waals surface area contributed by atoms with Crippen LogP contribution >= 0.6 is 0 Å². The Hall–Kier alpha value is -0.830. The van der Waals surface area contributed by atoms with Gasteiger partial charge in [0.15, 0.2) is 0 Å². The minimum absolute atomic E-state index is 0.734. The highest BCUT2D eigenvalue weighted by Crippen LogP contribution is 2.29. The Labute approximate surface area is 111 Å². The number of nitrogens with zero attached hydrogens (tertiary/aromatic N) is 2. The molecule has 1 N–H and O–H groups in total. The first-order valence-electron chi connectivity index (χ1n) is 7.45. The highest BCUT2D eigenvalue weighted by molar-refractivity contribution is 4.80. The van der Waals surface area contributed by atoms with Crippen LogP contribution in [0.5, 0.6) is 0 Å². The molecular weight excluding hydrogens is 222 g/mol. The largest absolute Gasteiger partial charge is 0.312 e. The van der Waals surface area contributed by atoms with Gasteiger partial charge in [0.1, 0.15) is 0 Å². The third kappa shape index (κ3) is 4.45. The van der Waals surface area contributed by atoms with Crippen LogP contribution in [0.25, 0.3) is 0 Å². The minimum Gasteiger partial charge on any atom is -0.312 e. The van der Waals surface area contributed by atoms with E-state index in [2.05, 4.69) is 24.3 Å². The maximum Gasteiger partial charge on any atom is 0.0534 e. The van der Waals surface area contributed by atoms with Crippen molar-refractivity contribution in [1.82, 2.24) is 15.1 Å². The van der Waals surface area contributed by atoms with E-state index in [4.69, 9.17) is 0 Å². The lowest BCUT2D eigenvalue weighted by molar-refractivity contribution is 0.251. The first-order valence-corrected chi connectivity index (χ1v) is 7.45. The smallest absolute Gasteiger partial charge is 0.0534 e. The van der Waals surface area contributed by atoms with E-state index >= 15 is 0 Å². The molecule has 1 aromatic rings. The topological polar surface area (TPSA) is 29.9 Å². The average Bonchev–Trinajstić information content (AvgIpc) is 2.82. The number of rotatable bonds is 6. The molecule has 2 unspecified atom stereocenters. The summed E-state index contributed by atoms with van der Waals surface area (Å²) in [4.78, 5) is 0. The van der Waals surface area contributed by atoms with Gasteiger partial charge in [0.25, 0.3) is 0 Å². The summed E-state index contributed by atoms with van der Waals surface area (Å²) < 4.78 is 2.00. The predicted molar refractivity (Wildman–Crippen MR) is 75.4 cm³/mol. The van der Waals surface area contributed by atoms with Crippen LogP contribution < -0.4 is 5.32 Å². The summed E-state index contributed by atoms with van der Waals surface area (Å²) in [5, 5.41) is 7.93. The van der Waals surface area contributed by atoms with Crippen molar-refractivity contribution < 1.29 is 0 Å². The van der Waals surface area contributed by atoms with Crippen LogP contribution in [0.15, 0.2) is 18.5 Å². The summed E-state index contributed by atoms with van der Waals surface area (Å²) in [5.41, 5.74) is 0. The zero-order chi connectivity index (χ0) is 12.8. The van der Waals surface area contributed by atoms with Crippen molar-refractivity contribution in [3.05, 3.63) is 18.5 Å². The number of hydrogen-bond donors (Lipinski definition) is 1. The molecule has 1 fully saturated rings. The van der Waals surface area contributed by atoms with Crippen molar-refractivity contribution in [1.29, 1.82) is 0 Å². The van der Waals surface area contributed by atoms with Crippen LogP contribution in [0.1, 0.15) is 46.0 Å². The molecule has 3 nitrogen and oxygen atoms in total. The van der Waals surface area contributed by atoms with Crippen LogP contribution in [0.4, 0.5) is 0 Å². The average molecular weight is 249 g/mol. The van der Waals surface area contributed by atoms with Crippen molar-refractivity contribution in [3.63, 3.8) is 0 Å². The van der Waals surface area contributed by atoms with Crippen LogP contribution in [0.2, 0.25) is 0 Å². The Morgan fingerprint density at radius 2 is 2.28 bits per heavy atom. The molecule has 2 atom stereocenters. The maximum absolute atomic E-state index is 4.23. The van der Waals surface area contributed by atoms with Crippen LogP contribution in [-0.4, -0.2) is 22.4 Å². The Bertz CT molecular complexity index is 318. The summed E-state index contributed by atoms with van der Waals surface area (Å²) >= 11 is 0. The lowest BCUT2D eigenvalue weighted by atomic mass is 9.81. The van der Waals surface area contributed by atoms with Gasteiger partial charge >= 0.3 is 0 Å². The van der Waals surface area contributed by atoms with E-state index in [-0.39, 0.29) is 0 Å². The van der Waals surface area contributed by atoms with E-state index in [1.165, 1.54) is 32.1 Å². The molecule has 18 heavy (non-hydrogen) atoms. The Morgan fingerprint density at radius 1 is 1.39 bits per heavy atom.